The van der Waals surface area contributed by atoms with Gasteiger partial charge in [0, 0.05) is 16.7 Å². The Morgan fingerprint density at radius 3 is 2.05 bits per heavy atom. The molecule has 8 nitrogen and oxygen atoms in total. The lowest BCUT2D eigenvalue weighted by Crippen LogP contribution is -2.10. The van der Waals surface area contributed by atoms with Crippen LogP contribution in [0.25, 0.3) is 44.8 Å². The SMILES string of the molecule is COc1cc(-c2nc3ccc(-c4nc5ccc(C(=N)N)cc5[nH]4)cc3[nH]2)ccc1OCc1ccccc1.Cl.Cl. The van der Waals surface area contributed by atoms with Crippen molar-refractivity contribution < 1.29 is 9.47 Å². The number of halogens is 2. The number of nitrogens with two attached hydrogens (primary N) is 1. The first kappa shape index (κ1) is 27.5. The molecular formula is C29H26Cl2N6O2. The molecule has 0 unspecified atom stereocenters. The van der Waals surface area contributed by atoms with Crippen LogP contribution in [0.1, 0.15) is 11.1 Å². The molecule has 39 heavy (non-hydrogen) atoms. The molecule has 0 saturated heterocycles. The third-order valence-electron chi connectivity index (χ3n) is 6.22. The largest absolute Gasteiger partial charge is 0.493 e. The highest BCUT2D eigenvalue weighted by molar-refractivity contribution is 5.98. The third-order valence-corrected chi connectivity index (χ3v) is 6.22. The van der Waals surface area contributed by atoms with Crippen molar-refractivity contribution in [1.82, 2.24) is 19.9 Å². The van der Waals surface area contributed by atoms with Gasteiger partial charge in [0.05, 0.1) is 29.2 Å². The summed E-state index contributed by atoms with van der Waals surface area (Å²) in [6, 6.07) is 27.3. The highest BCUT2D eigenvalue weighted by atomic mass is 35.5. The van der Waals surface area contributed by atoms with E-state index in [2.05, 4.69) is 9.97 Å². The fraction of sp³-hybridized carbons (Fsp3) is 0.0690. The molecule has 5 N–H and O–H groups in total. The lowest BCUT2D eigenvalue weighted by atomic mass is 10.2. The van der Waals surface area contributed by atoms with Crippen LogP contribution in [0.4, 0.5) is 0 Å². The number of nitrogen functional groups attached to an aromatic ring is 1. The summed E-state index contributed by atoms with van der Waals surface area (Å²) < 4.78 is 11.6. The van der Waals surface area contributed by atoms with E-state index >= 15 is 0 Å². The Balaban J connectivity index is 0.00000176. The second-order valence-corrected chi connectivity index (χ2v) is 8.69. The van der Waals surface area contributed by atoms with Gasteiger partial charge in [0.1, 0.15) is 24.1 Å². The minimum absolute atomic E-state index is 0. The molecule has 0 aliphatic rings. The Morgan fingerprint density at radius 2 is 1.38 bits per heavy atom. The van der Waals surface area contributed by atoms with Crippen LogP contribution in [0, 0.1) is 5.41 Å². The smallest absolute Gasteiger partial charge is 0.161 e. The summed E-state index contributed by atoms with van der Waals surface area (Å²) in [5, 5.41) is 7.66. The van der Waals surface area contributed by atoms with Gasteiger partial charge in [-0.15, -0.1) is 24.8 Å². The molecule has 2 aromatic heterocycles. The fourth-order valence-electron chi connectivity index (χ4n) is 4.28. The molecule has 6 aromatic rings. The average Bonchev–Trinajstić information content (AvgIpc) is 3.55. The Morgan fingerprint density at radius 1 is 0.769 bits per heavy atom. The first-order valence-corrected chi connectivity index (χ1v) is 11.8. The number of amidine groups is 1. The van der Waals surface area contributed by atoms with E-state index in [4.69, 9.17) is 30.6 Å². The zero-order chi connectivity index (χ0) is 25.4. The normalized spacial score (nSPS) is 10.6. The number of H-pyrrole nitrogens is 2. The third kappa shape index (κ3) is 5.52. The van der Waals surface area contributed by atoms with E-state index in [1.165, 1.54) is 0 Å². The molecule has 0 spiro atoms. The van der Waals surface area contributed by atoms with E-state index < -0.39 is 0 Å². The molecule has 0 saturated carbocycles. The monoisotopic (exact) mass is 560 g/mol. The molecule has 0 amide bonds. The van der Waals surface area contributed by atoms with Crippen LogP contribution in [-0.2, 0) is 6.61 Å². The van der Waals surface area contributed by atoms with Crippen LogP contribution in [0.2, 0.25) is 0 Å². The second kappa shape index (κ2) is 11.5. The van der Waals surface area contributed by atoms with Crippen molar-refractivity contribution in [3.8, 4) is 34.3 Å². The first-order valence-electron chi connectivity index (χ1n) is 11.8. The van der Waals surface area contributed by atoms with Gasteiger partial charge in [0.2, 0.25) is 0 Å². The zero-order valence-corrected chi connectivity index (χ0v) is 22.5. The second-order valence-electron chi connectivity index (χ2n) is 8.69. The molecule has 0 radical (unpaired) electrons. The van der Waals surface area contributed by atoms with Gasteiger partial charge < -0.3 is 25.2 Å². The number of aromatic amines is 2. The molecule has 4 aromatic carbocycles. The molecule has 2 heterocycles. The Hall–Kier alpha value is -4.53. The van der Waals surface area contributed by atoms with Crippen LogP contribution >= 0.6 is 24.8 Å². The van der Waals surface area contributed by atoms with Crippen LogP contribution < -0.4 is 15.2 Å². The van der Waals surface area contributed by atoms with Crippen molar-refractivity contribution in [3.63, 3.8) is 0 Å². The average molecular weight is 561 g/mol. The number of hydrogen-bond donors (Lipinski definition) is 4. The number of imidazole rings is 2. The molecule has 0 atom stereocenters. The number of ether oxygens (including phenoxy) is 2. The minimum Gasteiger partial charge on any atom is -0.493 e. The number of methoxy groups -OCH3 is 1. The molecule has 0 bridgehead atoms. The number of aromatic nitrogens is 4. The lowest BCUT2D eigenvalue weighted by molar-refractivity contribution is 0.284. The summed E-state index contributed by atoms with van der Waals surface area (Å²) in [6.45, 7) is 0.460. The summed E-state index contributed by atoms with van der Waals surface area (Å²) in [5.74, 6) is 2.80. The van der Waals surface area contributed by atoms with Crippen molar-refractivity contribution in [3.05, 3.63) is 96.1 Å². The summed E-state index contributed by atoms with van der Waals surface area (Å²) in [6.07, 6.45) is 0. The summed E-state index contributed by atoms with van der Waals surface area (Å²) in [4.78, 5) is 16.2. The Labute approximate surface area is 236 Å². The fourth-order valence-corrected chi connectivity index (χ4v) is 4.28. The minimum atomic E-state index is 0. The number of fused-ring (bicyclic) bond motifs is 2. The van der Waals surface area contributed by atoms with Gasteiger partial charge in [-0.1, -0.05) is 30.3 Å². The number of nitrogens with zero attached hydrogens (tertiary/aromatic N) is 2. The van der Waals surface area contributed by atoms with Gasteiger partial charge in [-0.25, -0.2) is 9.97 Å². The van der Waals surface area contributed by atoms with Gasteiger partial charge in [0.25, 0.3) is 0 Å². The van der Waals surface area contributed by atoms with Crippen LogP contribution in [0.5, 0.6) is 11.5 Å². The molecular weight excluding hydrogens is 535 g/mol. The van der Waals surface area contributed by atoms with E-state index in [0.29, 0.717) is 23.7 Å². The first-order chi connectivity index (χ1) is 18.1. The van der Waals surface area contributed by atoms with Gasteiger partial charge in [-0.3, -0.25) is 5.41 Å². The molecule has 0 aliphatic heterocycles. The summed E-state index contributed by atoms with van der Waals surface area (Å²) >= 11 is 0. The van der Waals surface area contributed by atoms with Crippen LogP contribution in [-0.4, -0.2) is 32.9 Å². The van der Waals surface area contributed by atoms with Crippen molar-refractivity contribution in [1.29, 1.82) is 5.41 Å². The maximum Gasteiger partial charge on any atom is 0.161 e. The van der Waals surface area contributed by atoms with Crippen molar-refractivity contribution in [2.75, 3.05) is 7.11 Å². The van der Waals surface area contributed by atoms with Crippen LogP contribution in [0.15, 0.2) is 84.9 Å². The molecule has 198 valence electrons. The molecule has 10 heteroatoms. The Bertz CT molecular complexity index is 1760. The van der Waals surface area contributed by atoms with Gasteiger partial charge in [-0.05, 0) is 60.2 Å². The molecule has 6 rings (SSSR count). The van der Waals surface area contributed by atoms with Crippen molar-refractivity contribution >= 4 is 52.7 Å². The van der Waals surface area contributed by atoms with E-state index in [0.717, 1.165) is 50.4 Å². The summed E-state index contributed by atoms with van der Waals surface area (Å²) in [7, 11) is 1.63. The van der Waals surface area contributed by atoms with E-state index in [1.807, 2.05) is 78.9 Å². The lowest BCUT2D eigenvalue weighted by Gasteiger charge is -2.11. The number of nitrogens with one attached hydrogen (secondary N) is 3. The maximum atomic E-state index is 7.66. The van der Waals surface area contributed by atoms with Crippen molar-refractivity contribution in [2.45, 2.75) is 6.61 Å². The predicted octanol–water partition coefficient (Wildman–Crippen LogP) is 6.49. The van der Waals surface area contributed by atoms with E-state index in [9.17, 15) is 0 Å². The topological polar surface area (TPSA) is 126 Å². The number of benzene rings is 4. The number of hydrogen-bond acceptors (Lipinski definition) is 5. The quantitative estimate of drug-likeness (QED) is 0.131. The molecule has 0 aliphatic carbocycles. The van der Waals surface area contributed by atoms with Crippen LogP contribution in [0.3, 0.4) is 0 Å². The van der Waals surface area contributed by atoms with E-state index in [1.54, 1.807) is 13.2 Å². The standard InChI is InChI=1S/C29H24N6O2.2ClH/c1-36-26-15-20(9-12-25(26)37-16-17-5-3-2-4-6-17)29-33-22-11-8-19(14-24(22)35-29)28-32-21-10-7-18(27(30)31)13-23(21)34-28;;/h2-15H,16H2,1H3,(H3,30,31)(H,32,34)(H,33,35);2*1H. The predicted molar refractivity (Wildman–Crippen MR) is 159 cm³/mol. The molecule has 0 fully saturated rings. The highest BCUT2D eigenvalue weighted by Crippen LogP contribution is 2.33. The van der Waals surface area contributed by atoms with Gasteiger partial charge in [0.15, 0.2) is 11.5 Å². The maximum absolute atomic E-state index is 7.66. The van der Waals surface area contributed by atoms with Crippen molar-refractivity contribution in [2.24, 2.45) is 5.73 Å². The van der Waals surface area contributed by atoms with Gasteiger partial charge >= 0.3 is 0 Å². The summed E-state index contributed by atoms with van der Waals surface area (Å²) in [5.41, 5.74) is 12.6. The highest BCUT2D eigenvalue weighted by Gasteiger charge is 2.13. The zero-order valence-electron chi connectivity index (χ0n) is 20.9. The van der Waals surface area contributed by atoms with Gasteiger partial charge in [-0.2, -0.15) is 0 Å². The number of rotatable bonds is 7. The Kier molecular flexibility index (Phi) is 8.09. The van der Waals surface area contributed by atoms with E-state index in [-0.39, 0.29) is 30.6 Å².